The molecule has 3 atom stereocenters. The van der Waals surface area contributed by atoms with E-state index in [-0.39, 0.29) is 11.5 Å². The molecule has 1 heterocycles. The Balaban J connectivity index is 2.23. The van der Waals surface area contributed by atoms with E-state index in [4.69, 9.17) is 0 Å². The number of aliphatic hydroxyl groups is 1. The average Bonchev–Trinajstić information content (AvgIpc) is 2.75. The average molecular weight is 382 g/mol. The molecule has 1 saturated heterocycles. The molecule has 0 aliphatic carbocycles. The third kappa shape index (κ3) is 3.07. The van der Waals surface area contributed by atoms with Gasteiger partial charge in [-0.05, 0) is 37.0 Å². The zero-order chi connectivity index (χ0) is 20.0. The minimum Gasteiger partial charge on any atom is -0.447 e. The number of alkyl halides is 5. The summed E-state index contributed by atoms with van der Waals surface area (Å²) in [6.45, 7) is 3.20. The van der Waals surface area contributed by atoms with Crippen LogP contribution in [-0.4, -0.2) is 41.2 Å². The van der Waals surface area contributed by atoms with E-state index in [9.17, 15) is 31.9 Å². The number of esters is 1. The van der Waals surface area contributed by atoms with Crippen molar-refractivity contribution in [1.82, 2.24) is 0 Å². The first-order valence-electron chi connectivity index (χ1n) is 7.93. The van der Waals surface area contributed by atoms with Crippen LogP contribution in [0.2, 0.25) is 0 Å². The van der Waals surface area contributed by atoms with Crippen LogP contribution in [0.25, 0.3) is 0 Å². The van der Waals surface area contributed by atoms with E-state index in [0.717, 1.165) is 12.0 Å². The van der Waals surface area contributed by atoms with Crippen molar-refractivity contribution in [3.05, 3.63) is 35.4 Å². The predicted molar refractivity (Wildman–Crippen MR) is 80.9 cm³/mol. The van der Waals surface area contributed by atoms with Crippen LogP contribution in [0.4, 0.5) is 22.0 Å². The molecular weight excluding hydrogens is 363 g/mol. The fourth-order valence-electron chi connectivity index (χ4n) is 2.58. The third-order valence-electron chi connectivity index (χ3n) is 4.68. The second-order valence-corrected chi connectivity index (χ2v) is 6.56. The molecule has 2 rings (SSSR count). The number of carbonyl (C=O) groups is 1. The molecule has 1 N–H and O–H groups in total. The summed E-state index contributed by atoms with van der Waals surface area (Å²) in [6.07, 6.45) is -4.92. The molecule has 0 aromatic heterocycles. The van der Waals surface area contributed by atoms with Gasteiger partial charge in [0, 0.05) is 0 Å². The highest BCUT2D eigenvalue weighted by Gasteiger charge is 2.82. The van der Waals surface area contributed by atoms with Crippen molar-refractivity contribution in [2.24, 2.45) is 0 Å². The molecule has 1 aliphatic heterocycles. The fourth-order valence-corrected chi connectivity index (χ4v) is 2.58. The van der Waals surface area contributed by atoms with Crippen molar-refractivity contribution in [1.29, 1.82) is 0 Å². The minimum absolute atomic E-state index is 0.100. The summed E-state index contributed by atoms with van der Waals surface area (Å²) in [4.78, 5) is 12.1. The largest absolute Gasteiger partial charge is 0.449 e. The van der Waals surface area contributed by atoms with Gasteiger partial charge >= 0.3 is 23.9 Å². The summed E-state index contributed by atoms with van der Waals surface area (Å²) < 4.78 is 75.5. The lowest BCUT2D eigenvalue weighted by molar-refractivity contribution is -0.409. The molecule has 0 amide bonds. The van der Waals surface area contributed by atoms with E-state index in [1.54, 1.807) is 12.1 Å². The van der Waals surface area contributed by atoms with Crippen LogP contribution >= 0.6 is 0 Å². The molecule has 0 saturated carbocycles. The minimum atomic E-state index is -5.77. The number of hydrogen-bond donors (Lipinski definition) is 1. The molecular formula is C17H19F5O4. The van der Waals surface area contributed by atoms with E-state index in [0.29, 0.717) is 6.92 Å². The molecule has 0 radical (unpaired) electrons. The van der Waals surface area contributed by atoms with Gasteiger partial charge in [-0.25, -0.2) is 4.79 Å². The van der Waals surface area contributed by atoms with Crippen molar-refractivity contribution in [2.75, 3.05) is 6.61 Å². The summed E-state index contributed by atoms with van der Waals surface area (Å²) in [6, 6.07) is 5.92. The lowest BCUT2D eigenvalue weighted by Gasteiger charge is -2.35. The molecule has 4 nitrogen and oxygen atoms in total. The Morgan fingerprint density at radius 3 is 2.27 bits per heavy atom. The number of rotatable bonds is 4. The lowest BCUT2D eigenvalue weighted by atomic mass is 9.94. The van der Waals surface area contributed by atoms with Gasteiger partial charge in [0.25, 0.3) is 0 Å². The summed E-state index contributed by atoms with van der Waals surface area (Å²) >= 11 is 0. The van der Waals surface area contributed by atoms with Gasteiger partial charge in [-0.2, -0.15) is 22.0 Å². The van der Waals surface area contributed by atoms with Crippen LogP contribution in [0.1, 0.15) is 49.0 Å². The van der Waals surface area contributed by atoms with Crippen LogP contribution in [0.15, 0.2) is 24.3 Å². The fraction of sp³-hybridized carbons (Fsp3) is 0.588. The molecule has 3 unspecified atom stereocenters. The number of hydrogen-bond acceptors (Lipinski definition) is 4. The zero-order valence-electron chi connectivity index (χ0n) is 14.4. The quantitative estimate of drug-likeness (QED) is 0.631. The lowest BCUT2D eigenvalue weighted by Crippen LogP contribution is -2.63. The van der Waals surface area contributed by atoms with E-state index in [1.807, 2.05) is 13.8 Å². The highest BCUT2D eigenvalue weighted by atomic mass is 19.4. The number of carbonyl (C=O) groups excluding carboxylic acids is 1. The van der Waals surface area contributed by atoms with Crippen LogP contribution < -0.4 is 0 Å². The molecule has 1 aromatic carbocycles. The van der Waals surface area contributed by atoms with E-state index < -0.39 is 36.1 Å². The highest BCUT2D eigenvalue weighted by molar-refractivity contribution is 5.89. The predicted octanol–water partition coefficient (Wildman–Crippen LogP) is 4.03. The normalized spacial score (nSPS) is 29.4. The third-order valence-corrected chi connectivity index (χ3v) is 4.68. The van der Waals surface area contributed by atoms with Gasteiger partial charge in [-0.15, -0.1) is 0 Å². The second kappa shape index (κ2) is 6.45. The first kappa shape index (κ1) is 20.6. The van der Waals surface area contributed by atoms with Crippen molar-refractivity contribution in [2.45, 2.75) is 56.6 Å². The first-order valence-corrected chi connectivity index (χ1v) is 7.93. The van der Waals surface area contributed by atoms with Crippen LogP contribution in [0.5, 0.6) is 0 Å². The maximum absolute atomic E-state index is 14.3. The molecule has 146 valence electrons. The summed E-state index contributed by atoms with van der Waals surface area (Å²) in [7, 11) is 0. The Hall–Kier alpha value is -1.74. The van der Waals surface area contributed by atoms with Gasteiger partial charge in [0.1, 0.15) is 0 Å². The van der Waals surface area contributed by atoms with E-state index in [1.165, 1.54) is 12.1 Å². The molecule has 26 heavy (non-hydrogen) atoms. The van der Waals surface area contributed by atoms with Crippen molar-refractivity contribution >= 4 is 5.97 Å². The first-order chi connectivity index (χ1) is 11.8. The maximum Gasteiger partial charge on any atom is 0.449 e. The SMILES string of the molecule is CCC(C)c1ccc(C(=O)OC2(C)COC(O)(C(F)(F)F)C2(F)F)cc1. The van der Waals surface area contributed by atoms with Crippen LogP contribution in [0.3, 0.4) is 0 Å². The molecule has 0 spiro atoms. The number of benzene rings is 1. The summed E-state index contributed by atoms with van der Waals surface area (Å²) in [5.41, 5.74) is -2.17. The molecule has 1 aromatic rings. The Kier molecular flexibility index (Phi) is 5.11. The maximum atomic E-state index is 14.3. The highest BCUT2D eigenvalue weighted by Crippen LogP contribution is 2.54. The Morgan fingerprint density at radius 2 is 1.85 bits per heavy atom. The molecule has 1 fully saturated rings. The van der Waals surface area contributed by atoms with Gasteiger partial charge in [-0.1, -0.05) is 26.0 Å². The smallest absolute Gasteiger partial charge is 0.447 e. The summed E-state index contributed by atoms with van der Waals surface area (Å²) in [5.74, 6) is -10.6. The monoisotopic (exact) mass is 382 g/mol. The van der Waals surface area contributed by atoms with Gasteiger partial charge in [-0.3, -0.25) is 0 Å². The number of ether oxygens (including phenoxy) is 2. The van der Waals surface area contributed by atoms with Crippen molar-refractivity contribution < 1.29 is 41.3 Å². The molecule has 0 bridgehead atoms. The van der Waals surface area contributed by atoms with Gasteiger partial charge in [0.15, 0.2) is 0 Å². The van der Waals surface area contributed by atoms with Gasteiger partial charge in [0.2, 0.25) is 5.60 Å². The zero-order valence-corrected chi connectivity index (χ0v) is 14.4. The van der Waals surface area contributed by atoms with Crippen LogP contribution in [0, 0.1) is 0 Å². The van der Waals surface area contributed by atoms with Crippen molar-refractivity contribution in [3.63, 3.8) is 0 Å². The topological polar surface area (TPSA) is 55.8 Å². The Bertz CT molecular complexity index is 673. The van der Waals surface area contributed by atoms with Crippen molar-refractivity contribution in [3.8, 4) is 0 Å². The Labute approximate surface area is 146 Å². The molecule has 9 heteroatoms. The number of halogens is 5. The van der Waals surface area contributed by atoms with Crippen LogP contribution in [-0.2, 0) is 9.47 Å². The van der Waals surface area contributed by atoms with Gasteiger partial charge in [0.05, 0.1) is 12.2 Å². The standard InChI is InChI=1S/C17H19F5O4/c1-4-10(2)11-5-7-12(8-6-11)13(23)26-14(3)9-25-16(24,15(14,18)19)17(20,21)22/h5-8,10,24H,4,9H2,1-3H3. The summed E-state index contributed by atoms with van der Waals surface area (Å²) in [5, 5.41) is 9.31. The molecule has 1 aliphatic rings. The Morgan fingerprint density at radius 1 is 1.31 bits per heavy atom. The van der Waals surface area contributed by atoms with E-state index >= 15 is 0 Å². The van der Waals surface area contributed by atoms with Gasteiger partial charge < -0.3 is 14.6 Å². The second-order valence-electron chi connectivity index (χ2n) is 6.56. The van der Waals surface area contributed by atoms with E-state index in [2.05, 4.69) is 9.47 Å².